The van der Waals surface area contributed by atoms with Crippen molar-refractivity contribution in [3.8, 4) is 5.75 Å². The van der Waals surface area contributed by atoms with Gasteiger partial charge in [0.1, 0.15) is 11.0 Å². The third-order valence-electron chi connectivity index (χ3n) is 2.04. The summed E-state index contributed by atoms with van der Waals surface area (Å²) in [6, 6.07) is 5.17. The highest BCUT2D eigenvalue weighted by atomic mass is 35.5. The Bertz CT molecular complexity index is 381. The summed E-state index contributed by atoms with van der Waals surface area (Å²) < 4.78 is 5.15. The van der Waals surface area contributed by atoms with Crippen molar-refractivity contribution in [1.29, 1.82) is 0 Å². The second kappa shape index (κ2) is 6.01. The Hall–Kier alpha value is -0.870. The molecule has 3 nitrogen and oxygen atoms in total. The molecule has 0 aliphatic carbocycles. The van der Waals surface area contributed by atoms with Crippen molar-refractivity contribution in [2.75, 3.05) is 7.11 Å². The van der Waals surface area contributed by atoms with Crippen molar-refractivity contribution < 1.29 is 14.6 Å². The second-order valence-corrected chi connectivity index (χ2v) is 4.83. The number of rotatable bonds is 5. The molecule has 1 unspecified atom stereocenters. The number of carboxylic acid groups (broad SMARTS) is 1. The molecule has 1 atom stereocenters. The number of carboxylic acids is 1. The van der Waals surface area contributed by atoms with E-state index in [1.165, 1.54) is 11.8 Å². The minimum absolute atomic E-state index is 0.479. The van der Waals surface area contributed by atoms with Gasteiger partial charge in [0.2, 0.25) is 0 Å². The molecule has 1 aromatic rings. The van der Waals surface area contributed by atoms with E-state index < -0.39 is 11.2 Å². The monoisotopic (exact) mass is 260 g/mol. The van der Waals surface area contributed by atoms with Gasteiger partial charge in [-0.2, -0.15) is 0 Å². The van der Waals surface area contributed by atoms with Crippen LogP contribution in [0.5, 0.6) is 5.75 Å². The first-order valence-corrected chi connectivity index (χ1v) is 6.07. The summed E-state index contributed by atoms with van der Waals surface area (Å²) >= 11 is 7.12. The molecule has 0 saturated heterocycles. The van der Waals surface area contributed by atoms with Crippen LogP contribution in [0.15, 0.2) is 23.1 Å². The van der Waals surface area contributed by atoms with Crippen molar-refractivity contribution in [2.45, 2.75) is 23.5 Å². The molecule has 1 N–H and O–H groups in total. The maximum Gasteiger partial charge on any atom is 0.316 e. The third kappa shape index (κ3) is 3.32. The zero-order chi connectivity index (χ0) is 12.1. The van der Waals surface area contributed by atoms with Gasteiger partial charge in [-0.15, -0.1) is 11.8 Å². The minimum Gasteiger partial charge on any atom is -0.496 e. The number of hydrogen-bond acceptors (Lipinski definition) is 3. The number of hydrogen-bond donors (Lipinski definition) is 1. The zero-order valence-electron chi connectivity index (χ0n) is 9.07. The Balaban J connectivity index is 2.93. The van der Waals surface area contributed by atoms with E-state index in [1.807, 2.05) is 6.92 Å². The lowest BCUT2D eigenvalue weighted by Gasteiger charge is -2.12. The maximum absolute atomic E-state index is 10.9. The first kappa shape index (κ1) is 13.2. The molecule has 0 bridgehead atoms. The van der Waals surface area contributed by atoms with Gasteiger partial charge < -0.3 is 9.84 Å². The average Bonchev–Trinajstić information content (AvgIpc) is 2.25. The Labute approximate surface area is 104 Å². The molecule has 1 rings (SSSR count). The van der Waals surface area contributed by atoms with Crippen LogP contribution in [0.1, 0.15) is 13.3 Å². The Morgan fingerprint density at radius 3 is 2.81 bits per heavy atom. The molecule has 0 heterocycles. The fourth-order valence-corrected chi connectivity index (χ4v) is 2.48. The molecule has 1 aromatic carbocycles. The van der Waals surface area contributed by atoms with Gasteiger partial charge in [0.25, 0.3) is 0 Å². The van der Waals surface area contributed by atoms with E-state index in [0.29, 0.717) is 17.2 Å². The topological polar surface area (TPSA) is 46.5 Å². The van der Waals surface area contributed by atoms with E-state index in [-0.39, 0.29) is 0 Å². The predicted molar refractivity (Wildman–Crippen MR) is 65.6 cm³/mol. The van der Waals surface area contributed by atoms with Gasteiger partial charge in [0.05, 0.1) is 12.0 Å². The molecule has 0 amide bonds. The normalized spacial score (nSPS) is 12.2. The average molecular weight is 261 g/mol. The molecule has 0 aliphatic heterocycles. The smallest absolute Gasteiger partial charge is 0.316 e. The van der Waals surface area contributed by atoms with Gasteiger partial charge in [0, 0.05) is 5.02 Å². The molecule has 0 saturated carbocycles. The van der Waals surface area contributed by atoms with Gasteiger partial charge in [-0.3, -0.25) is 4.79 Å². The molecule has 0 radical (unpaired) electrons. The van der Waals surface area contributed by atoms with Crippen molar-refractivity contribution in [3.05, 3.63) is 23.2 Å². The van der Waals surface area contributed by atoms with E-state index >= 15 is 0 Å². The SMILES string of the molecule is CCC(Sc1cc(Cl)ccc1OC)C(=O)O. The Morgan fingerprint density at radius 1 is 1.62 bits per heavy atom. The van der Waals surface area contributed by atoms with Crippen LogP contribution in [0.3, 0.4) is 0 Å². The minimum atomic E-state index is -0.825. The van der Waals surface area contributed by atoms with Crippen molar-refractivity contribution in [1.82, 2.24) is 0 Å². The molecule has 88 valence electrons. The summed E-state index contributed by atoms with van der Waals surface area (Å²) in [4.78, 5) is 11.7. The van der Waals surface area contributed by atoms with E-state index in [4.69, 9.17) is 21.4 Å². The maximum atomic E-state index is 10.9. The fraction of sp³-hybridized carbons (Fsp3) is 0.364. The Kier molecular flexibility index (Phi) is 4.96. The molecule has 0 aliphatic rings. The van der Waals surface area contributed by atoms with Crippen LogP contribution in [0.2, 0.25) is 5.02 Å². The van der Waals surface area contributed by atoms with Gasteiger partial charge in [0.15, 0.2) is 0 Å². The van der Waals surface area contributed by atoms with Gasteiger partial charge in [-0.25, -0.2) is 0 Å². The second-order valence-electron chi connectivity index (χ2n) is 3.15. The van der Waals surface area contributed by atoms with Gasteiger partial charge in [-0.1, -0.05) is 18.5 Å². The summed E-state index contributed by atoms with van der Waals surface area (Å²) in [5.74, 6) is -0.177. The fourth-order valence-electron chi connectivity index (χ4n) is 1.20. The number of methoxy groups -OCH3 is 1. The predicted octanol–water partition coefficient (Wildman–Crippen LogP) is 3.30. The highest BCUT2D eigenvalue weighted by molar-refractivity contribution is 8.00. The van der Waals surface area contributed by atoms with E-state index in [1.54, 1.807) is 25.3 Å². The van der Waals surface area contributed by atoms with Gasteiger partial charge in [-0.05, 0) is 24.6 Å². The van der Waals surface area contributed by atoms with Crippen LogP contribution >= 0.6 is 23.4 Å². The third-order valence-corrected chi connectivity index (χ3v) is 3.67. The summed E-state index contributed by atoms with van der Waals surface area (Å²) in [5, 5.41) is 9.07. The molecular formula is C11H13ClO3S. The largest absolute Gasteiger partial charge is 0.496 e. The van der Waals surface area contributed by atoms with Crippen molar-refractivity contribution in [3.63, 3.8) is 0 Å². The summed E-state index contributed by atoms with van der Waals surface area (Å²) in [6.07, 6.45) is 0.551. The first-order chi connectivity index (χ1) is 7.58. The number of halogens is 1. The number of benzene rings is 1. The van der Waals surface area contributed by atoms with Crippen LogP contribution in [0.4, 0.5) is 0 Å². The van der Waals surface area contributed by atoms with E-state index in [0.717, 1.165) is 4.90 Å². The number of thioether (sulfide) groups is 1. The van der Waals surface area contributed by atoms with Crippen LogP contribution in [-0.4, -0.2) is 23.4 Å². The molecular weight excluding hydrogens is 248 g/mol. The van der Waals surface area contributed by atoms with Gasteiger partial charge >= 0.3 is 5.97 Å². The van der Waals surface area contributed by atoms with Crippen molar-refractivity contribution in [2.24, 2.45) is 0 Å². The lowest BCUT2D eigenvalue weighted by Crippen LogP contribution is -2.14. The highest BCUT2D eigenvalue weighted by Gasteiger charge is 2.18. The number of carbonyl (C=O) groups is 1. The zero-order valence-corrected chi connectivity index (χ0v) is 10.6. The van der Waals surface area contributed by atoms with Crippen LogP contribution in [0.25, 0.3) is 0 Å². The van der Waals surface area contributed by atoms with Crippen LogP contribution in [-0.2, 0) is 4.79 Å². The molecule has 5 heteroatoms. The van der Waals surface area contributed by atoms with Crippen LogP contribution < -0.4 is 4.74 Å². The summed E-state index contributed by atoms with van der Waals surface area (Å²) in [7, 11) is 1.55. The van der Waals surface area contributed by atoms with Crippen molar-refractivity contribution >= 4 is 29.3 Å². The number of ether oxygens (including phenoxy) is 1. The molecule has 0 aromatic heterocycles. The lowest BCUT2D eigenvalue weighted by atomic mass is 10.3. The standard InChI is InChI=1S/C11H13ClO3S/c1-3-9(11(13)14)16-10-6-7(12)4-5-8(10)15-2/h4-6,9H,3H2,1-2H3,(H,13,14). The summed E-state index contributed by atoms with van der Waals surface area (Å²) in [5.41, 5.74) is 0. The molecule has 0 fully saturated rings. The van der Waals surface area contributed by atoms with E-state index in [9.17, 15) is 4.79 Å². The summed E-state index contributed by atoms with van der Waals surface area (Å²) in [6.45, 7) is 1.84. The van der Waals surface area contributed by atoms with Crippen LogP contribution in [0, 0.1) is 0 Å². The first-order valence-electron chi connectivity index (χ1n) is 4.81. The molecule has 0 spiro atoms. The number of aliphatic carboxylic acids is 1. The van der Waals surface area contributed by atoms with E-state index in [2.05, 4.69) is 0 Å². The lowest BCUT2D eigenvalue weighted by molar-refractivity contribution is -0.136. The highest BCUT2D eigenvalue weighted by Crippen LogP contribution is 2.35. The Morgan fingerprint density at radius 2 is 2.31 bits per heavy atom. The molecule has 16 heavy (non-hydrogen) atoms. The quantitative estimate of drug-likeness (QED) is 0.825.